The number of hydrogen-bond acceptors (Lipinski definition) is 6. The van der Waals surface area contributed by atoms with Gasteiger partial charge < -0.3 is 9.73 Å². The third kappa shape index (κ3) is 3.52. The van der Waals surface area contributed by atoms with Crippen molar-refractivity contribution >= 4 is 29.0 Å². The van der Waals surface area contributed by atoms with Crippen molar-refractivity contribution in [1.29, 1.82) is 0 Å². The molecule has 1 N–H and O–H groups in total. The molecule has 2 heterocycles. The molecule has 2 aromatic heterocycles. The third-order valence-corrected chi connectivity index (χ3v) is 6.68. The zero-order chi connectivity index (χ0) is 16.7. The molecule has 1 saturated carbocycles. The number of fused-ring (bicyclic) bond motifs is 1. The van der Waals surface area contributed by atoms with Gasteiger partial charge in [0, 0.05) is 10.9 Å². The van der Waals surface area contributed by atoms with Gasteiger partial charge in [-0.2, -0.15) is 0 Å². The second kappa shape index (κ2) is 6.52. The lowest BCUT2D eigenvalue weighted by atomic mass is 9.90. The van der Waals surface area contributed by atoms with E-state index in [4.69, 9.17) is 4.42 Å². The lowest BCUT2D eigenvalue weighted by Crippen LogP contribution is -2.32. The predicted molar refractivity (Wildman–Crippen MR) is 95.3 cm³/mol. The van der Waals surface area contributed by atoms with Crippen molar-refractivity contribution in [3.05, 3.63) is 16.5 Å². The molecule has 5 nitrogen and oxygen atoms in total. The maximum atomic E-state index is 12.0. The average Bonchev–Trinajstić information content (AvgIpc) is 3.08. The number of thioether (sulfide) groups is 1. The molecule has 0 bridgehead atoms. The second-order valence-electron chi connectivity index (χ2n) is 6.82. The van der Waals surface area contributed by atoms with Crippen molar-refractivity contribution in [3.63, 3.8) is 0 Å². The van der Waals surface area contributed by atoms with Crippen molar-refractivity contribution in [2.45, 2.75) is 62.5 Å². The van der Waals surface area contributed by atoms with Gasteiger partial charge in [0.1, 0.15) is 0 Å². The van der Waals surface area contributed by atoms with Gasteiger partial charge in [0.25, 0.3) is 11.1 Å². The summed E-state index contributed by atoms with van der Waals surface area (Å²) in [4.78, 5) is 14.5. The van der Waals surface area contributed by atoms with E-state index >= 15 is 0 Å². The maximum Gasteiger partial charge on any atom is 0.277 e. The molecule has 7 heteroatoms. The predicted octanol–water partition coefficient (Wildman–Crippen LogP) is 3.68. The van der Waals surface area contributed by atoms with E-state index in [1.165, 1.54) is 28.6 Å². The van der Waals surface area contributed by atoms with Gasteiger partial charge in [0.05, 0.1) is 10.1 Å². The molecule has 128 valence electrons. The fourth-order valence-corrected chi connectivity index (χ4v) is 4.74. The fourth-order valence-electron chi connectivity index (χ4n) is 2.92. The summed E-state index contributed by atoms with van der Waals surface area (Å²) in [5.41, 5.74) is 1.43. The summed E-state index contributed by atoms with van der Waals surface area (Å²) < 4.78 is 5.79. The Morgan fingerprint density at radius 1 is 1.42 bits per heavy atom. The van der Waals surface area contributed by atoms with Gasteiger partial charge in [-0.3, -0.25) is 4.79 Å². The Morgan fingerprint density at radius 2 is 2.25 bits per heavy atom. The van der Waals surface area contributed by atoms with Crippen molar-refractivity contribution < 1.29 is 9.21 Å². The summed E-state index contributed by atoms with van der Waals surface area (Å²) in [7, 11) is 0. The number of carbonyl (C=O) groups is 1. The van der Waals surface area contributed by atoms with Crippen LogP contribution in [0.4, 0.5) is 0 Å². The normalized spacial score (nSPS) is 21.3. The van der Waals surface area contributed by atoms with E-state index in [1.54, 1.807) is 11.3 Å². The third-order valence-electron chi connectivity index (χ3n) is 4.52. The van der Waals surface area contributed by atoms with E-state index in [0.717, 1.165) is 36.5 Å². The van der Waals surface area contributed by atoms with Crippen LogP contribution < -0.4 is 5.32 Å². The zero-order valence-electron chi connectivity index (χ0n) is 13.9. The second-order valence-corrected chi connectivity index (χ2v) is 9.25. The van der Waals surface area contributed by atoms with E-state index in [1.807, 2.05) is 6.92 Å². The van der Waals surface area contributed by atoms with Crippen molar-refractivity contribution in [3.8, 4) is 10.8 Å². The van der Waals surface area contributed by atoms with Gasteiger partial charge in [-0.25, -0.2) is 0 Å². The van der Waals surface area contributed by atoms with E-state index in [-0.39, 0.29) is 11.2 Å². The van der Waals surface area contributed by atoms with Crippen molar-refractivity contribution in [2.75, 3.05) is 0 Å². The molecule has 0 spiro atoms. The largest absolute Gasteiger partial charge is 0.410 e. The quantitative estimate of drug-likeness (QED) is 0.821. The summed E-state index contributed by atoms with van der Waals surface area (Å²) >= 11 is 3.09. The number of thiophene rings is 1. The van der Waals surface area contributed by atoms with E-state index < -0.39 is 0 Å². The topological polar surface area (TPSA) is 68.0 Å². The highest BCUT2D eigenvalue weighted by molar-refractivity contribution is 8.00. The smallest absolute Gasteiger partial charge is 0.277 e. The Kier molecular flexibility index (Phi) is 4.39. The standard InChI is InChI=1S/C17H21N3O2S2/c1-9-3-6-13-11(7-9)8-14(24-13)16-19-20-17(22-16)23-10(2)15(21)18-12-4-5-12/h8-10,12H,3-7H2,1-2H3,(H,18,21)/t9-,10-/m0/s1. The first-order valence-corrected chi connectivity index (χ1v) is 10.2. The molecular formula is C17H21N3O2S2. The van der Waals surface area contributed by atoms with Crippen LogP contribution in [0.2, 0.25) is 0 Å². The molecule has 1 fully saturated rings. The molecule has 24 heavy (non-hydrogen) atoms. The minimum absolute atomic E-state index is 0.0443. The van der Waals surface area contributed by atoms with Crippen LogP contribution in [0, 0.1) is 5.92 Å². The van der Waals surface area contributed by atoms with Gasteiger partial charge >= 0.3 is 0 Å². The number of aryl methyl sites for hydroxylation is 1. The van der Waals surface area contributed by atoms with Gasteiger partial charge in [-0.05, 0) is 56.6 Å². The van der Waals surface area contributed by atoms with Crippen LogP contribution >= 0.6 is 23.1 Å². The Labute approximate surface area is 149 Å². The lowest BCUT2D eigenvalue weighted by Gasteiger charge is -2.16. The molecular weight excluding hydrogens is 342 g/mol. The summed E-state index contributed by atoms with van der Waals surface area (Å²) in [6.07, 6.45) is 5.73. The lowest BCUT2D eigenvalue weighted by molar-refractivity contribution is -0.120. The number of carbonyl (C=O) groups excluding carboxylic acids is 1. The first-order chi connectivity index (χ1) is 11.6. The van der Waals surface area contributed by atoms with Crippen LogP contribution in [0.15, 0.2) is 15.7 Å². The summed E-state index contributed by atoms with van der Waals surface area (Å²) in [5, 5.41) is 11.5. The van der Waals surface area contributed by atoms with Gasteiger partial charge in [0.15, 0.2) is 0 Å². The van der Waals surface area contributed by atoms with Crippen LogP contribution in [0.25, 0.3) is 10.8 Å². The first-order valence-electron chi connectivity index (χ1n) is 8.51. The van der Waals surface area contributed by atoms with Crippen LogP contribution in [0.1, 0.15) is 43.6 Å². The van der Waals surface area contributed by atoms with Gasteiger partial charge in [-0.15, -0.1) is 21.5 Å². The molecule has 0 unspecified atom stereocenters. The molecule has 0 aliphatic heterocycles. The number of aromatic nitrogens is 2. The van der Waals surface area contributed by atoms with Crippen molar-refractivity contribution in [2.24, 2.45) is 5.92 Å². The van der Waals surface area contributed by atoms with Crippen LogP contribution in [0.3, 0.4) is 0 Å². The van der Waals surface area contributed by atoms with Crippen LogP contribution in [-0.4, -0.2) is 27.4 Å². The van der Waals surface area contributed by atoms with Gasteiger partial charge in [0.2, 0.25) is 5.91 Å². The first kappa shape index (κ1) is 16.1. The number of hydrogen-bond donors (Lipinski definition) is 1. The fraction of sp³-hybridized carbons (Fsp3) is 0.588. The highest BCUT2D eigenvalue weighted by atomic mass is 32.2. The van der Waals surface area contributed by atoms with Crippen LogP contribution in [0.5, 0.6) is 0 Å². The Bertz CT molecular complexity index is 751. The highest BCUT2D eigenvalue weighted by Gasteiger charge is 2.27. The summed E-state index contributed by atoms with van der Waals surface area (Å²) in [6.45, 7) is 4.17. The Hall–Kier alpha value is -1.34. The monoisotopic (exact) mass is 363 g/mol. The van der Waals surface area contributed by atoms with Gasteiger partial charge in [-0.1, -0.05) is 18.7 Å². The highest BCUT2D eigenvalue weighted by Crippen LogP contribution is 2.37. The minimum Gasteiger partial charge on any atom is -0.410 e. The van der Waals surface area contributed by atoms with Crippen LogP contribution in [-0.2, 0) is 17.6 Å². The Morgan fingerprint density at radius 3 is 3.04 bits per heavy atom. The molecule has 4 rings (SSSR count). The Balaban J connectivity index is 1.43. The molecule has 1 amide bonds. The van der Waals surface area contributed by atoms with Crippen molar-refractivity contribution in [1.82, 2.24) is 15.5 Å². The SMILES string of the molecule is C[C@H]1CCc2sc(-c3nnc(S[C@@H](C)C(=O)NC4CC4)o3)cc2C1. The molecule has 2 aliphatic rings. The minimum atomic E-state index is -0.226. The maximum absolute atomic E-state index is 12.0. The number of nitrogens with zero attached hydrogens (tertiary/aromatic N) is 2. The summed E-state index contributed by atoms with van der Waals surface area (Å²) in [6, 6.07) is 2.57. The number of rotatable bonds is 5. The molecule has 0 saturated heterocycles. The van der Waals surface area contributed by atoms with E-state index in [0.29, 0.717) is 17.2 Å². The number of nitrogens with one attached hydrogen (secondary N) is 1. The average molecular weight is 364 g/mol. The molecule has 0 aromatic carbocycles. The molecule has 2 aliphatic carbocycles. The van der Waals surface area contributed by atoms with E-state index in [2.05, 4.69) is 28.5 Å². The number of amides is 1. The summed E-state index contributed by atoms with van der Waals surface area (Å²) in [5.74, 6) is 1.36. The molecule has 0 radical (unpaired) electrons. The van der Waals surface area contributed by atoms with E-state index in [9.17, 15) is 4.79 Å². The molecule has 2 aromatic rings. The molecule has 2 atom stereocenters. The zero-order valence-corrected chi connectivity index (χ0v) is 15.5.